The molecule has 3 heterocycles. The van der Waals surface area contributed by atoms with Gasteiger partial charge in [-0.05, 0) is 48.9 Å². The molecule has 6 nitrogen and oxygen atoms in total. The molecule has 1 aliphatic heterocycles. The molecule has 188 valence electrons. The van der Waals surface area contributed by atoms with Crippen LogP contribution in [-0.4, -0.2) is 15.0 Å². The first-order chi connectivity index (χ1) is 18.4. The van der Waals surface area contributed by atoms with Crippen molar-refractivity contribution in [2.75, 3.05) is 5.32 Å². The Morgan fingerprint density at radius 2 is 1.74 bits per heavy atom. The van der Waals surface area contributed by atoms with Gasteiger partial charge in [0.25, 0.3) is 11.5 Å². The van der Waals surface area contributed by atoms with Gasteiger partial charge in [0, 0.05) is 40.4 Å². The first-order valence-corrected chi connectivity index (χ1v) is 13.3. The standard InChI is InChI=1S/C30H23ClN4O2S/c1-18-26(28(36)33-22-8-4-3-5-9-22)27(19-12-14-21(31)15-13-19)35-29(37)25(38-30(35)32-18)16-20-17-34(2)24-11-7-6-10-23(20)24/h3-17,27H,1-2H3,(H,33,36)/b25-16-/t27-/m1/s1. The summed E-state index contributed by atoms with van der Waals surface area (Å²) in [6, 6.07) is 23.9. The summed E-state index contributed by atoms with van der Waals surface area (Å²) >= 11 is 7.50. The number of fused-ring (bicyclic) bond motifs is 2. The van der Waals surface area contributed by atoms with E-state index in [9.17, 15) is 9.59 Å². The number of nitrogens with zero attached hydrogens (tertiary/aromatic N) is 3. The van der Waals surface area contributed by atoms with Crippen molar-refractivity contribution in [1.82, 2.24) is 9.13 Å². The molecular weight excluding hydrogens is 516 g/mol. The van der Waals surface area contributed by atoms with Crippen LogP contribution in [0.25, 0.3) is 17.0 Å². The second-order valence-corrected chi connectivity index (χ2v) is 10.6. The number of halogens is 1. The molecule has 1 atom stereocenters. The van der Waals surface area contributed by atoms with Crippen molar-refractivity contribution in [1.29, 1.82) is 0 Å². The Kier molecular flexibility index (Phi) is 6.10. The summed E-state index contributed by atoms with van der Waals surface area (Å²) in [5.41, 5.74) is 4.27. The molecule has 5 aromatic rings. The minimum Gasteiger partial charge on any atom is -0.350 e. The van der Waals surface area contributed by atoms with Gasteiger partial charge in [0.1, 0.15) is 0 Å². The third kappa shape index (κ3) is 4.20. The highest BCUT2D eigenvalue weighted by atomic mass is 35.5. The number of anilines is 1. The molecule has 0 aliphatic carbocycles. The maximum atomic E-state index is 13.9. The summed E-state index contributed by atoms with van der Waals surface area (Å²) in [6.07, 6.45) is 3.93. The van der Waals surface area contributed by atoms with Crippen LogP contribution in [0.5, 0.6) is 0 Å². The normalized spacial score (nSPS) is 15.4. The highest BCUT2D eigenvalue weighted by Crippen LogP contribution is 2.31. The minimum atomic E-state index is -0.651. The second kappa shape index (κ2) is 9.59. The number of rotatable bonds is 4. The number of hydrogen-bond acceptors (Lipinski definition) is 4. The van der Waals surface area contributed by atoms with E-state index in [0.717, 1.165) is 22.0 Å². The predicted octanol–water partition coefficient (Wildman–Crippen LogP) is 5.02. The van der Waals surface area contributed by atoms with Gasteiger partial charge in [-0.25, -0.2) is 4.99 Å². The number of amides is 1. The number of aromatic nitrogens is 2. The zero-order valence-corrected chi connectivity index (χ0v) is 22.3. The molecule has 0 unspecified atom stereocenters. The maximum Gasteiger partial charge on any atom is 0.271 e. The molecule has 2 aromatic heterocycles. The van der Waals surface area contributed by atoms with Crippen molar-refractivity contribution in [3.05, 3.63) is 132 Å². The highest BCUT2D eigenvalue weighted by Gasteiger charge is 2.32. The topological polar surface area (TPSA) is 68.4 Å². The Morgan fingerprint density at radius 3 is 2.50 bits per heavy atom. The van der Waals surface area contributed by atoms with Crippen molar-refractivity contribution < 1.29 is 4.79 Å². The summed E-state index contributed by atoms with van der Waals surface area (Å²) in [4.78, 5) is 32.8. The largest absolute Gasteiger partial charge is 0.350 e. The molecule has 38 heavy (non-hydrogen) atoms. The van der Waals surface area contributed by atoms with Gasteiger partial charge in [0.15, 0.2) is 4.80 Å². The van der Waals surface area contributed by atoms with Crippen LogP contribution in [-0.2, 0) is 11.8 Å². The van der Waals surface area contributed by atoms with Crippen molar-refractivity contribution in [3.8, 4) is 0 Å². The van der Waals surface area contributed by atoms with Crippen molar-refractivity contribution in [3.63, 3.8) is 0 Å². The molecule has 1 aliphatic rings. The van der Waals surface area contributed by atoms with Crippen LogP contribution in [0.1, 0.15) is 24.1 Å². The molecule has 0 spiro atoms. The van der Waals surface area contributed by atoms with Gasteiger partial charge >= 0.3 is 0 Å². The van der Waals surface area contributed by atoms with Crippen molar-refractivity contribution in [2.24, 2.45) is 12.0 Å². The lowest BCUT2D eigenvalue weighted by atomic mass is 9.95. The first kappa shape index (κ1) is 24.2. The predicted molar refractivity (Wildman–Crippen MR) is 153 cm³/mol. The van der Waals surface area contributed by atoms with E-state index in [4.69, 9.17) is 16.6 Å². The Balaban J connectivity index is 1.53. The molecule has 6 rings (SSSR count). The van der Waals surface area contributed by atoms with Crippen LogP contribution < -0.4 is 20.2 Å². The maximum absolute atomic E-state index is 13.9. The molecule has 1 amide bonds. The fourth-order valence-corrected chi connectivity index (χ4v) is 6.08. The first-order valence-electron chi connectivity index (χ1n) is 12.1. The van der Waals surface area contributed by atoms with E-state index in [-0.39, 0.29) is 11.5 Å². The molecule has 0 radical (unpaired) electrons. The molecule has 0 fully saturated rings. The number of nitrogens with one attached hydrogen (secondary N) is 1. The SMILES string of the molecule is CC1=C(C(=O)Nc2ccccc2)[C@@H](c2ccc(Cl)cc2)n2c(s/c(=C\c3cn(C)c4ccccc34)c2=O)=N1. The number of benzene rings is 3. The molecule has 0 saturated carbocycles. The Morgan fingerprint density at radius 1 is 1.03 bits per heavy atom. The zero-order chi connectivity index (χ0) is 26.4. The number of hydrogen-bond donors (Lipinski definition) is 1. The van der Waals surface area contributed by atoms with E-state index in [0.29, 0.717) is 31.3 Å². The van der Waals surface area contributed by atoms with Gasteiger partial charge in [-0.15, -0.1) is 0 Å². The lowest BCUT2D eigenvalue weighted by Crippen LogP contribution is -2.40. The summed E-state index contributed by atoms with van der Waals surface area (Å²) in [6.45, 7) is 1.81. The number of carbonyl (C=O) groups is 1. The van der Waals surface area contributed by atoms with Gasteiger partial charge in [-0.3, -0.25) is 14.2 Å². The Labute approximate surface area is 227 Å². The van der Waals surface area contributed by atoms with Crippen LogP contribution in [0.2, 0.25) is 5.02 Å². The van der Waals surface area contributed by atoms with Crippen LogP contribution in [0, 0.1) is 0 Å². The minimum absolute atomic E-state index is 0.195. The molecule has 3 aromatic carbocycles. The second-order valence-electron chi connectivity index (χ2n) is 9.17. The van der Waals surface area contributed by atoms with E-state index in [2.05, 4.69) is 11.4 Å². The van der Waals surface area contributed by atoms with Gasteiger partial charge in [0.05, 0.1) is 21.8 Å². The average molecular weight is 539 g/mol. The van der Waals surface area contributed by atoms with E-state index in [1.165, 1.54) is 11.3 Å². The molecule has 0 saturated heterocycles. The van der Waals surface area contributed by atoms with Crippen LogP contribution >= 0.6 is 22.9 Å². The summed E-state index contributed by atoms with van der Waals surface area (Å²) in [7, 11) is 1.99. The van der Waals surface area contributed by atoms with Crippen molar-refractivity contribution in [2.45, 2.75) is 13.0 Å². The number of aryl methyl sites for hydroxylation is 1. The van der Waals surface area contributed by atoms with E-state index in [1.54, 1.807) is 16.7 Å². The number of para-hydroxylation sites is 2. The van der Waals surface area contributed by atoms with Gasteiger partial charge < -0.3 is 9.88 Å². The van der Waals surface area contributed by atoms with Gasteiger partial charge in [-0.2, -0.15) is 0 Å². The van der Waals surface area contributed by atoms with E-state index in [1.807, 2.05) is 91.5 Å². The van der Waals surface area contributed by atoms with Crippen molar-refractivity contribution >= 4 is 51.5 Å². The average Bonchev–Trinajstić information content (AvgIpc) is 3.40. The Bertz CT molecular complexity index is 1920. The molecule has 0 bridgehead atoms. The third-order valence-corrected chi connectivity index (χ3v) is 7.93. The molecule has 8 heteroatoms. The van der Waals surface area contributed by atoms with Crippen LogP contribution in [0.15, 0.2) is 106 Å². The molecular formula is C30H23ClN4O2S. The van der Waals surface area contributed by atoms with E-state index >= 15 is 0 Å². The molecule has 1 N–H and O–H groups in total. The van der Waals surface area contributed by atoms with Crippen LogP contribution in [0.3, 0.4) is 0 Å². The van der Waals surface area contributed by atoms with Gasteiger partial charge in [0.2, 0.25) is 0 Å². The monoisotopic (exact) mass is 538 g/mol. The number of carbonyl (C=O) groups excluding carboxylic acids is 1. The van der Waals surface area contributed by atoms with E-state index < -0.39 is 6.04 Å². The van der Waals surface area contributed by atoms with Crippen LogP contribution in [0.4, 0.5) is 5.69 Å². The highest BCUT2D eigenvalue weighted by molar-refractivity contribution is 7.07. The fraction of sp³-hybridized carbons (Fsp3) is 0.100. The lowest BCUT2D eigenvalue weighted by molar-refractivity contribution is -0.113. The quantitative estimate of drug-likeness (QED) is 0.349. The summed E-state index contributed by atoms with van der Waals surface area (Å²) in [5, 5.41) is 4.61. The smallest absolute Gasteiger partial charge is 0.271 e. The number of thiazole rings is 1. The fourth-order valence-electron chi connectivity index (χ4n) is 4.92. The Hall–Kier alpha value is -4.20. The number of allylic oxidation sites excluding steroid dienone is 1. The van der Waals surface area contributed by atoms with Gasteiger partial charge in [-0.1, -0.05) is 71.5 Å². The zero-order valence-electron chi connectivity index (χ0n) is 20.7. The third-order valence-electron chi connectivity index (χ3n) is 6.70. The lowest BCUT2D eigenvalue weighted by Gasteiger charge is -2.25. The summed E-state index contributed by atoms with van der Waals surface area (Å²) < 4.78 is 4.22. The summed E-state index contributed by atoms with van der Waals surface area (Å²) in [5.74, 6) is -0.305.